The molecule has 4 nitrogen and oxygen atoms in total. The van der Waals surface area contributed by atoms with E-state index < -0.39 is 6.10 Å². The van der Waals surface area contributed by atoms with Gasteiger partial charge in [-0.25, -0.2) is 0 Å². The van der Waals surface area contributed by atoms with E-state index in [2.05, 4.69) is 5.32 Å². The molecule has 1 aromatic heterocycles. The van der Waals surface area contributed by atoms with Gasteiger partial charge in [-0.05, 0) is 31.2 Å². The second kappa shape index (κ2) is 6.39. The molecule has 5 heteroatoms. The number of fused-ring (bicyclic) bond motifs is 1. The van der Waals surface area contributed by atoms with Crippen molar-refractivity contribution in [2.75, 3.05) is 20.3 Å². The van der Waals surface area contributed by atoms with Crippen molar-refractivity contribution in [1.29, 1.82) is 0 Å². The number of aliphatic hydroxyl groups excluding tert-OH is 1. The van der Waals surface area contributed by atoms with Gasteiger partial charge in [0.15, 0.2) is 0 Å². The zero-order valence-electron chi connectivity index (χ0n) is 11.0. The van der Waals surface area contributed by atoms with Gasteiger partial charge in [0.25, 0.3) is 0 Å². The maximum absolute atomic E-state index is 9.59. The molecule has 0 fully saturated rings. The summed E-state index contributed by atoms with van der Waals surface area (Å²) in [6.45, 7) is 2.75. The second-order valence-corrected chi connectivity index (χ2v) is 5.01. The summed E-state index contributed by atoms with van der Waals surface area (Å²) in [7, 11) is 1.57. The summed E-state index contributed by atoms with van der Waals surface area (Å²) in [6, 6.07) is 7.50. The van der Waals surface area contributed by atoms with Crippen LogP contribution >= 0.6 is 11.6 Å². The summed E-state index contributed by atoms with van der Waals surface area (Å²) < 4.78 is 10.6. The van der Waals surface area contributed by atoms with Gasteiger partial charge in [-0.2, -0.15) is 0 Å². The van der Waals surface area contributed by atoms with Crippen LogP contribution in [0.5, 0.6) is 0 Å². The van der Waals surface area contributed by atoms with Crippen molar-refractivity contribution >= 4 is 22.6 Å². The normalized spacial score (nSPS) is 14.7. The summed E-state index contributed by atoms with van der Waals surface area (Å²) in [5.41, 5.74) is 0.811. The lowest BCUT2D eigenvalue weighted by Gasteiger charge is -2.14. The van der Waals surface area contributed by atoms with Crippen LogP contribution in [0, 0.1) is 0 Å². The molecule has 2 unspecified atom stereocenters. The van der Waals surface area contributed by atoms with Gasteiger partial charge in [0, 0.05) is 24.1 Å². The number of furan rings is 1. The van der Waals surface area contributed by atoms with Gasteiger partial charge >= 0.3 is 0 Å². The van der Waals surface area contributed by atoms with Crippen molar-refractivity contribution < 1.29 is 14.3 Å². The highest BCUT2D eigenvalue weighted by Crippen LogP contribution is 2.26. The number of methoxy groups -OCH3 is 1. The van der Waals surface area contributed by atoms with Crippen LogP contribution in [0.3, 0.4) is 0 Å². The Balaban J connectivity index is 2.02. The molecule has 0 bridgehead atoms. The summed E-state index contributed by atoms with van der Waals surface area (Å²) >= 11 is 5.94. The van der Waals surface area contributed by atoms with E-state index >= 15 is 0 Å². The van der Waals surface area contributed by atoms with Gasteiger partial charge in [-0.1, -0.05) is 11.6 Å². The Kier molecular flexibility index (Phi) is 4.82. The highest BCUT2D eigenvalue weighted by atomic mass is 35.5. The fraction of sp³-hybridized carbons (Fsp3) is 0.429. The highest BCUT2D eigenvalue weighted by molar-refractivity contribution is 6.31. The zero-order chi connectivity index (χ0) is 13.8. The van der Waals surface area contributed by atoms with Gasteiger partial charge in [0.1, 0.15) is 11.3 Å². The van der Waals surface area contributed by atoms with Crippen molar-refractivity contribution in [2.24, 2.45) is 0 Å². The van der Waals surface area contributed by atoms with E-state index in [0.717, 1.165) is 16.7 Å². The fourth-order valence-corrected chi connectivity index (χ4v) is 2.09. The van der Waals surface area contributed by atoms with E-state index in [4.69, 9.17) is 20.8 Å². The Bertz CT molecular complexity index is 540. The summed E-state index contributed by atoms with van der Waals surface area (Å²) in [4.78, 5) is 0. The first-order valence-corrected chi connectivity index (χ1v) is 6.57. The minimum atomic E-state index is -0.522. The van der Waals surface area contributed by atoms with Gasteiger partial charge < -0.3 is 19.6 Å². The van der Waals surface area contributed by atoms with Gasteiger partial charge in [0.05, 0.1) is 18.8 Å². The lowest BCUT2D eigenvalue weighted by Crippen LogP contribution is -2.31. The molecule has 0 amide bonds. The topological polar surface area (TPSA) is 54.6 Å². The van der Waals surface area contributed by atoms with E-state index in [9.17, 15) is 5.11 Å². The van der Waals surface area contributed by atoms with Crippen molar-refractivity contribution in [3.05, 3.63) is 35.0 Å². The number of hydrogen-bond acceptors (Lipinski definition) is 4. The first-order valence-electron chi connectivity index (χ1n) is 6.19. The molecule has 2 atom stereocenters. The summed E-state index contributed by atoms with van der Waals surface area (Å²) in [6.07, 6.45) is -0.522. The van der Waals surface area contributed by atoms with Gasteiger partial charge in [-0.15, -0.1) is 0 Å². The molecule has 0 saturated heterocycles. The van der Waals surface area contributed by atoms with E-state index in [1.54, 1.807) is 13.2 Å². The number of ether oxygens (including phenoxy) is 1. The number of benzene rings is 1. The van der Waals surface area contributed by atoms with E-state index in [0.29, 0.717) is 18.2 Å². The number of aliphatic hydroxyl groups is 1. The molecule has 0 spiro atoms. The van der Waals surface area contributed by atoms with Crippen molar-refractivity contribution in [1.82, 2.24) is 5.32 Å². The zero-order valence-corrected chi connectivity index (χ0v) is 11.8. The van der Waals surface area contributed by atoms with Crippen LogP contribution in [0.1, 0.15) is 18.7 Å². The molecule has 1 heterocycles. The average Bonchev–Trinajstić information content (AvgIpc) is 2.79. The van der Waals surface area contributed by atoms with Crippen LogP contribution in [0.25, 0.3) is 11.0 Å². The van der Waals surface area contributed by atoms with E-state index in [1.165, 1.54) is 0 Å². The molecule has 0 saturated carbocycles. The quantitative estimate of drug-likeness (QED) is 0.856. The average molecular weight is 284 g/mol. The molecule has 0 aliphatic carbocycles. The Morgan fingerprint density at radius 2 is 2.21 bits per heavy atom. The predicted molar refractivity (Wildman–Crippen MR) is 75.5 cm³/mol. The number of halogens is 1. The first-order chi connectivity index (χ1) is 9.10. The van der Waals surface area contributed by atoms with E-state index in [1.807, 2.05) is 25.1 Å². The largest absolute Gasteiger partial charge is 0.459 e. The molecule has 19 heavy (non-hydrogen) atoms. The third kappa shape index (κ3) is 3.70. The molecule has 104 valence electrons. The number of nitrogens with one attached hydrogen (secondary N) is 1. The lowest BCUT2D eigenvalue weighted by molar-refractivity contribution is 0.0626. The van der Waals surface area contributed by atoms with Crippen LogP contribution < -0.4 is 5.32 Å². The Morgan fingerprint density at radius 3 is 2.95 bits per heavy atom. The molecule has 0 aliphatic heterocycles. The SMILES string of the molecule is COCC(O)CNC(C)c1cc2cc(Cl)ccc2o1. The van der Waals surface area contributed by atoms with Crippen LogP contribution in [-0.2, 0) is 4.74 Å². The monoisotopic (exact) mass is 283 g/mol. The third-order valence-corrected chi connectivity index (χ3v) is 3.18. The van der Waals surface area contributed by atoms with Crippen molar-refractivity contribution in [3.8, 4) is 0 Å². The van der Waals surface area contributed by atoms with Crippen LogP contribution in [0.15, 0.2) is 28.7 Å². The number of rotatable bonds is 6. The van der Waals surface area contributed by atoms with Crippen LogP contribution in [0.4, 0.5) is 0 Å². The maximum atomic E-state index is 9.59. The number of hydrogen-bond donors (Lipinski definition) is 2. The standard InChI is InChI=1S/C14H18ClNO3/c1-9(16-7-12(17)8-18-2)14-6-10-5-11(15)3-4-13(10)19-14/h3-6,9,12,16-17H,7-8H2,1-2H3. The summed E-state index contributed by atoms with van der Waals surface area (Å²) in [5.74, 6) is 0.821. The minimum absolute atomic E-state index is 0.0117. The minimum Gasteiger partial charge on any atom is -0.459 e. The van der Waals surface area contributed by atoms with Crippen molar-refractivity contribution in [2.45, 2.75) is 19.1 Å². The van der Waals surface area contributed by atoms with Crippen molar-refractivity contribution in [3.63, 3.8) is 0 Å². The Labute approximate surface area is 117 Å². The first kappa shape index (κ1) is 14.3. The highest BCUT2D eigenvalue weighted by Gasteiger charge is 2.13. The second-order valence-electron chi connectivity index (χ2n) is 4.57. The molecular weight excluding hydrogens is 266 g/mol. The van der Waals surface area contributed by atoms with Crippen LogP contribution in [-0.4, -0.2) is 31.5 Å². The molecule has 2 aromatic rings. The van der Waals surface area contributed by atoms with Crippen LogP contribution in [0.2, 0.25) is 5.02 Å². The smallest absolute Gasteiger partial charge is 0.134 e. The third-order valence-electron chi connectivity index (χ3n) is 2.94. The fourth-order valence-electron chi connectivity index (χ4n) is 1.91. The summed E-state index contributed by atoms with van der Waals surface area (Å²) in [5, 5.41) is 14.5. The molecule has 1 aromatic carbocycles. The molecule has 0 aliphatic rings. The molecule has 2 N–H and O–H groups in total. The molecule has 2 rings (SSSR count). The van der Waals surface area contributed by atoms with Gasteiger partial charge in [0.2, 0.25) is 0 Å². The molecular formula is C14H18ClNO3. The Morgan fingerprint density at radius 1 is 1.42 bits per heavy atom. The molecule has 0 radical (unpaired) electrons. The van der Waals surface area contributed by atoms with E-state index in [-0.39, 0.29) is 6.04 Å². The predicted octanol–water partition coefficient (Wildman–Crippen LogP) is 2.74. The Hall–Kier alpha value is -1.07. The lowest BCUT2D eigenvalue weighted by atomic mass is 10.2. The van der Waals surface area contributed by atoms with Gasteiger partial charge in [-0.3, -0.25) is 0 Å². The maximum Gasteiger partial charge on any atom is 0.134 e.